The van der Waals surface area contributed by atoms with Crippen LogP contribution in [0.5, 0.6) is 0 Å². The average molecular weight is 375 g/mol. The Morgan fingerprint density at radius 3 is 2.63 bits per heavy atom. The van der Waals surface area contributed by atoms with E-state index in [1.807, 2.05) is 22.6 Å². The monoisotopic (exact) mass is 375 g/mol. The summed E-state index contributed by atoms with van der Waals surface area (Å²) in [5.41, 5.74) is 0.469. The Balaban J connectivity index is 2.13. The highest BCUT2D eigenvalue weighted by Crippen LogP contribution is 2.22. The Hall–Kier alpha value is -1.15. The molecule has 0 bridgehead atoms. The van der Waals surface area contributed by atoms with Crippen molar-refractivity contribution in [1.82, 2.24) is 0 Å². The molecule has 0 aromatic heterocycles. The van der Waals surface area contributed by atoms with Crippen LogP contribution >= 0.6 is 22.6 Å². The van der Waals surface area contributed by atoms with E-state index in [0.717, 1.165) is 3.57 Å². The van der Waals surface area contributed by atoms with Gasteiger partial charge in [0.15, 0.2) is 0 Å². The van der Waals surface area contributed by atoms with E-state index in [2.05, 4.69) is 5.32 Å². The fourth-order valence-corrected chi connectivity index (χ4v) is 2.49. The zero-order valence-corrected chi connectivity index (χ0v) is 12.3. The lowest BCUT2D eigenvalue weighted by atomic mass is 9.99. The van der Waals surface area contributed by atoms with E-state index in [1.165, 1.54) is 0 Å². The van der Waals surface area contributed by atoms with Crippen LogP contribution < -0.4 is 5.32 Å². The van der Waals surface area contributed by atoms with Gasteiger partial charge in [-0.25, -0.2) is 4.79 Å². The molecule has 1 aromatic rings. The van der Waals surface area contributed by atoms with Gasteiger partial charge in [0.25, 0.3) is 0 Å². The lowest BCUT2D eigenvalue weighted by Gasteiger charge is -2.21. The summed E-state index contributed by atoms with van der Waals surface area (Å²) in [5.74, 6) is -1.28. The van der Waals surface area contributed by atoms with Crippen LogP contribution in [-0.2, 0) is 9.53 Å². The number of carbonyl (C=O) groups excluding carboxylic acids is 1. The Labute approximate surface area is 124 Å². The maximum Gasteiger partial charge on any atom is 0.337 e. The third-order valence-electron chi connectivity index (χ3n) is 3.06. The predicted octanol–water partition coefficient (Wildman–Crippen LogP) is 2.35. The molecule has 5 nitrogen and oxygen atoms in total. The number of aromatic carboxylic acids is 1. The molecule has 2 rings (SSSR count). The number of carbonyl (C=O) groups is 2. The first-order valence-corrected chi connectivity index (χ1v) is 7.07. The number of benzene rings is 1. The molecule has 1 heterocycles. The minimum absolute atomic E-state index is 0.102. The van der Waals surface area contributed by atoms with Gasteiger partial charge in [-0.2, -0.15) is 0 Å². The molecule has 0 unspecified atom stereocenters. The third-order valence-corrected chi connectivity index (χ3v) is 3.73. The average Bonchev–Trinajstić information content (AvgIpc) is 2.41. The quantitative estimate of drug-likeness (QED) is 0.796. The van der Waals surface area contributed by atoms with Gasteiger partial charge in [0.1, 0.15) is 0 Å². The van der Waals surface area contributed by atoms with Gasteiger partial charge in [0, 0.05) is 22.7 Å². The number of hydrogen-bond acceptors (Lipinski definition) is 3. The second kappa shape index (κ2) is 6.33. The molecule has 0 saturated carbocycles. The zero-order chi connectivity index (χ0) is 13.8. The standard InChI is InChI=1S/C13H14INO4/c14-9-1-2-11(10(7-9)13(17)18)15-12(16)8-3-5-19-6-4-8/h1-2,7-8H,3-6H2,(H,15,16)(H,17,18). The van der Waals surface area contributed by atoms with Gasteiger partial charge < -0.3 is 15.2 Å². The molecule has 1 aliphatic heterocycles. The molecule has 1 aliphatic rings. The van der Waals surface area contributed by atoms with Crippen molar-refractivity contribution in [1.29, 1.82) is 0 Å². The van der Waals surface area contributed by atoms with Gasteiger partial charge >= 0.3 is 5.97 Å². The first-order valence-electron chi connectivity index (χ1n) is 5.99. The summed E-state index contributed by atoms with van der Waals surface area (Å²) < 4.78 is 6.02. The number of carboxylic acids is 1. The summed E-state index contributed by atoms with van der Waals surface area (Å²) in [7, 11) is 0. The van der Waals surface area contributed by atoms with Gasteiger partial charge in [-0.15, -0.1) is 0 Å². The van der Waals surface area contributed by atoms with Gasteiger partial charge in [0.05, 0.1) is 11.3 Å². The Morgan fingerprint density at radius 2 is 2.00 bits per heavy atom. The first-order chi connectivity index (χ1) is 9.08. The van der Waals surface area contributed by atoms with Crippen LogP contribution in [-0.4, -0.2) is 30.2 Å². The molecule has 1 fully saturated rings. The number of ether oxygens (including phenoxy) is 1. The largest absolute Gasteiger partial charge is 0.478 e. The normalized spacial score (nSPS) is 16.1. The Morgan fingerprint density at radius 1 is 1.32 bits per heavy atom. The van der Waals surface area contributed by atoms with Gasteiger partial charge in [-0.05, 0) is 53.6 Å². The van der Waals surface area contributed by atoms with Gasteiger partial charge in [0.2, 0.25) is 5.91 Å². The van der Waals surface area contributed by atoms with E-state index in [9.17, 15) is 9.59 Å². The molecule has 2 N–H and O–H groups in total. The highest BCUT2D eigenvalue weighted by Gasteiger charge is 2.23. The van der Waals surface area contributed by atoms with Crippen molar-refractivity contribution in [3.05, 3.63) is 27.3 Å². The SMILES string of the molecule is O=C(O)c1cc(I)ccc1NC(=O)C1CCOCC1. The molecule has 0 radical (unpaired) electrons. The van der Waals surface area contributed by atoms with E-state index in [1.54, 1.807) is 18.2 Å². The smallest absolute Gasteiger partial charge is 0.337 e. The first kappa shape index (κ1) is 14.3. The van der Waals surface area contributed by atoms with Crippen molar-refractivity contribution in [2.75, 3.05) is 18.5 Å². The van der Waals surface area contributed by atoms with Crippen molar-refractivity contribution >= 4 is 40.2 Å². The van der Waals surface area contributed by atoms with Crippen molar-refractivity contribution in [2.24, 2.45) is 5.92 Å². The lowest BCUT2D eigenvalue weighted by molar-refractivity contribution is -0.122. The number of halogens is 1. The van der Waals surface area contributed by atoms with Crippen molar-refractivity contribution < 1.29 is 19.4 Å². The van der Waals surface area contributed by atoms with Crippen LogP contribution in [0.25, 0.3) is 0 Å². The summed E-state index contributed by atoms with van der Waals surface area (Å²) in [5, 5.41) is 11.8. The molecule has 0 aliphatic carbocycles. The molecule has 6 heteroatoms. The number of amides is 1. The van der Waals surface area contributed by atoms with Crippen LogP contribution in [0, 0.1) is 9.49 Å². The minimum atomic E-state index is -1.04. The van der Waals surface area contributed by atoms with Crippen LogP contribution in [0.4, 0.5) is 5.69 Å². The number of nitrogens with one attached hydrogen (secondary N) is 1. The number of rotatable bonds is 3. The molecule has 1 aromatic carbocycles. The van der Waals surface area contributed by atoms with Gasteiger partial charge in [-0.3, -0.25) is 4.79 Å². The molecular formula is C13H14INO4. The van der Waals surface area contributed by atoms with Crippen LogP contribution in [0.2, 0.25) is 0 Å². The molecule has 102 valence electrons. The molecule has 0 spiro atoms. The lowest BCUT2D eigenvalue weighted by Crippen LogP contribution is -2.29. The summed E-state index contributed by atoms with van der Waals surface area (Å²) in [4.78, 5) is 23.2. The van der Waals surface area contributed by atoms with E-state index in [4.69, 9.17) is 9.84 Å². The van der Waals surface area contributed by atoms with E-state index in [-0.39, 0.29) is 17.4 Å². The molecular weight excluding hydrogens is 361 g/mol. The Bertz CT molecular complexity index is 497. The van der Waals surface area contributed by atoms with Gasteiger partial charge in [-0.1, -0.05) is 0 Å². The third kappa shape index (κ3) is 3.66. The summed E-state index contributed by atoms with van der Waals surface area (Å²) in [6.45, 7) is 1.16. The summed E-state index contributed by atoms with van der Waals surface area (Å²) in [6.07, 6.45) is 1.36. The van der Waals surface area contributed by atoms with Crippen molar-refractivity contribution in [3.8, 4) is 0 Å². The summed E-state index contributed by atoms with van der Waals surface area (Å²) >= 11 is 2.04. The topological polar surface area (TPSA) is 75.6 Å². The van der Waals surface area contributed by atoms with Crippen LogP contribution in [0.1, 0.15) is 23.2 Å². The van der Waals surface area contributed by atoms with E-state index in [0.29, 0.717) is 31.7 Å². The summed E-state index contributed by atoms with van der Waals surface area (Å²) in [6, 6.07) is 4.94. The minimum Gasteiger partial charge on any atom is -0.478 e. The molecule has 1 amide bonds. The van der Waals surface area contributed by atoms with Crippen LogP contribution in [0.3, 0.4) is 0 Å². The second-order valence-corrected chi connectivity index (χ2v) is 5.62. The maximum absolute atomic E-state index is 12.1. The molecule has 19 heavy (non-hydrogen) atoms. The van der Waals surface area contributed by atoms with E-state index >= 15 is 0 Å². The maximum atomic E-state index is 12.1. The number of anilines is 1. The van der Waals surface area contributed by atoms with Crippen LogP contribution in [0.15, 0.2) is 18.2 Å². The fourth-order valence-electron chi connectivity index (χ4n) is 2.00. The van der Waals surface area contributed by atoms with Crippen molar-refractivity contribution in [2.45, 2.75) is 12.8 Å². The zero-order valence-electron chi connectivity index (χ0n) is 10.2. The second-order valence-electron chi connectivity index (χ2n) is 4.37. The fraction of sp³-hybridized carbons (Fsp3) is 0.385. The number of hydrogen-bond donors (Lipinski definition) is 2. The van der Waals surface area contributed by atoms with E-state index < -0.39 is 5.97 Å². The highest BCUT2D eigenvalue weighted by molar-refractivity contribution is 14.1. The predicted molar refractivity (Wildman–Crippen MR) is 78.3 cm³/mol. The highest BCUT2D eigenvalue weighted by atomic mass is 127. The van der Waals surface area contributed by atoms with Crippen molar-refractivity contribution in [3.63, 3.8) is 0 Å². The number of carboxylic acid groups (broad SMARTS) is 1. The molecule has 1 saturated heterocycles. The molecule has 0 atom stereocenters. The Kier molecular flexibility index (Phi) is 4.76.